The molecule has 1 aliphatic heterocycles. The molecule has 42 heavy (non-hydrogen) atoms. The van der Waals surface area contributed by atoms with Crippen LogP contribution in [0.1, 0.15) is 5.56 Å². The summed E-state index contributed by atoms with van der Waals surface area (Å²) in [6.45, 7) is 0.827. The number of nitrogens with one attached hydrogen (secondary N) is 1. The molecule has 7 aromatic rings. The van der Waals surface area contributed by atoms with Gasteiger partial charge in [-0.3, -0.25) is 15.0 Å². The van der Waals surface area contributed by atoms with E-state index < -0.39 is 0 Å². The van der Waals surface area contributed by atoms with E-state index >= 15 is 0 Å². The van der Waals surface area contributed by atoms with E-state index in [0.29, 0.717) is 0 Å². The molecule has 0 aliphatic carbocycles. The second-order valence-corrected chi connectivity index (χ2v) is 10.6. The predicted octanol–water partition coefficient (Wildman–Crippen LogP) is 8.83. The first-order valence-electron chi connectivity index (χ1n) is 14.1. The summed E-state index contributed by atoms with van der Waals surface area (Å²) in [4.78, 5) is 13.7. The Kier molecular flexibility index (Phi) is 5.82. The maximum atomic E-state index is 4.60. The fourth-order valence-electron chi connectivity index (χ4n) is 5.99. The number of benzene rings is 4. The van der Waals surface area contributed by atoms with E-state index in [0.717, 1.165) is 51.3 Å². The van der Waals surface area contributed by atoms with Crippen LogP contribution in [0.4, 0.5) is 0 Å². The van der Waals surface area contributed by atoms with Crippen molar-refractivity contribution in [3.8, 4) is 33.5 Å². The van der Waals surface area contributed by atoms with Crippen molar-refractivity contribution in [3.63, 3.8) is 0 Å². The zero-order valence-corrected chi connectivity index (χ0v) is 22.8. The van der Waals surface area contributed by atoms with E-state index in [1.54, 1.807) is 0 Å². The van der Waals surface area contributed by atoms with Gasteiger partial charge >= 0.3 is 0 Å². The number of fused-ring (bicyclic) bond motifs is 6. The van der Waals surface area contributed by atoms with E-state index in [1.807, 2.05) is 49.2 Å². The molecule has 0 atom stereocenters. The number of nitrogens with zero attached hydrogens (tertiary/aromatic N) is 3. The maximum absolute atomic E-state index is 4.60. The van der Waals surface area contributed by atoms with Gasteiger partial charge in [0.05, 0.1) is 5.69 Å². The number of allylic oxidation sites excluding steroid dienone is 2. The van der Waals surface area contributed by atoms with Crippen LogP contribution in [0.2, 0.25) is 0 Å². The molecule has 0 radical (unpaired) electrons. The molecule has 0 bridgehead atoms. The molecule has 0 saturated heterocycles. The van der Waals surface area contributed by atoms with Crippen LogP contribution in [-0.4, -0.2) is 21.5 Å². The highest BCUT2D eigenvalue weighted by atomic mass is 14.9. The second kappa shape index (κ2) is 10.1. The van der Waals surface area contributed by atoms with Crippen LogP contribution in [0.3, 0.4) is 0 Å². The Balaban J connectivity index is 1.32. The van der Waals surface area contributed by atoms with Crippen LogP contribution in [0, 0.1) is 0 Å². The standard InChI is InChI=1S/C38H26N4/c1-2-8-32-31(7-1)33-13-11-25(27-17-29(23-39-21-27)37-9-3-5-15-41-37)19-35(33)36-20-26(12-14-34(32)36)28-18-30(24-40-22-28)38-10-4-6-16-42-38/h1-15,17-24,42H,16H2. The molecule has 3 aromatic heterocycles. The van der Waals surface area contributed by atoms with Crippen LogP contribution in [-0.2, 0) is 0 Å². The van der Waals surface area contributed by atoms with Gasteiger partial charge in [0.2, 0.25) is 0 Å². The zero-order valence-electron chi connectivity index (χ0n) is 22.8. The van der Waals surface area contributed by atoms with Gasteiger partial charge in [-0.05, 0) is 85.9 Å². The average Bonchev–Trinajstić information content (AvgIpc) is 3.09. The number of hydrogen-bond acceptors (Lipinski definition) is 4. The Morgan fingerprint density at radius 1 is 0.500 bits per heavy atom. The fraction of sp³-hybridized carbons (Fsp3) is 0.0263. The first kappa shape index (κ1) is 24.2. The summed E-state index contributed by atoms with van der Waals surface area (Å²) in [7, 11) is 0. The third-order valence-electron chi connectivity index (χ3n) is 8.06. The van der Waals surface area contributed by atoms with Crippen molar-refractivity contribution in [2.24, 2.45) is 0 Å². The lowest BCUT2D eigenvalue weighted by Gasteiger charge is -2.15. The highest BCUT2D eigenvalue weighted by Crippen LogP contribution is 2.39. The lowest BCUT2D eigenvalue weighted by Crippen LogP contribution is -2.14. The fourth-order valence-corrected chi connectivity index (χ4v) is 5.99. The minimum absolute atomic E-state index is 0.827. The molecule has 198 valence electrons. The van der Waals surface area contributed by atoms with Crippen molar-refractivity contribution in [1.29, 1.82) is 0 Å². The molecule has 4 heterocycles. The Bertz CT molecular complexity index is 2200. The molecule has 1 aliphatic rings. The van der Waals surface area contributed by atoms with Gasteiger partial charge in [-0.2, -0.15) is 0 Å². The molecule has 4 nitrogen and oxygen atoms in total. The van der Waals surface area contributed by atoms with Crippen molar-refractivity contribution in [2.45, 2.75) is 0 Å². The van der Waals surface area contributed by atoms with Crippen molar-refractivity contribution >= 4 is 38.0 Å². The van der Waals surface area contributed by atoms with Gasteiger partial charge in [0.1, 0.15) is 0 Å². The van der Waals surface area contributed by atoms with Crippen LogP contribution in [0.15, 0.2) is 140 Å². The minimum atomic E-state index is 0.827. The highest BCUT2D eigenvalue weighted by Gasteiger charge is 2.13. The third-order valence-corrected chi connectivity index (χ3v) is 8.06. The summed E-state index contributed by atoms with van der Waals surface area (Å²) in [5.74, 6) is 0. The van der Waals surface area contributed by atoms with E-state index in [1.165, 1.54) is 32.3 Å². The molecule has 0 amide bonds. The van der Waals surface area contributed by atoms with Gasteiger partial charge in [0, 0.05) is 65.5 Å². The number of aromatic nitrogens is 3. The monoisotopic (exact) mass is 538 g/mol. The Hall–Kier alpha value is -5.61. The molecular weight excluding hydrogens is 512 g/mol. The average molecular weight is 539 g/mol. The van der Waals surface area contributed by atoms with Crippen LogP contribution in [0.5, 0.6) is 0 Å². The lowest BCUT2D eigenvalue weighted by atomic mass is 9.90. The lowest BCUT2D eigenvalue weighted by molar-refractivity contribution is 0.993. The van der Waals surface area contributed by atoms with Crippen LogP contribution < -0.4 is 5.32 Å². The minimum Gasteiger partial charge on any atom is -0.381 e. The van der Waals surface area contributed by atoms with Gasteiger partial charge in [-0.15, -0.1) is 0 Å². The predicted molar refractivity (Wildman–Crippen MR) is 174 cm³/mol. The quantitative estimate of drug-likeness (QED) is 0.228. The van der Waals surface area contributed by atoms with Gasteiger partial charge in [-0.25, -0.2) is 0 Å². The normalized spacial score (nSPS) is 12.9. The van der Waals surface area contributed by atoms with Gasteiger partial charge in [-0.1, -0.05) is 66.7 Å². The number of dihydropyridines is 1. The van der Waals surface area contributed by atoms with Crippen molar-refractivity contribution in [2.75, 3.05) is 6.54 Å². The number of pyridine rings is 3. The number of hydrogen-bond donors (Lipinski definition) is 1. The molecule has 1 N–H and O–H groups in total. The summed E-state index contributed by atoms with van der Waals surface area (Å²) in [6.07, 6.45) is 15.8. The zero-order chi connectivity index (χ0) is 27.9. The van der Waals surface area contributed by atoms with E-state index in [-0.39, 0.29) is 0 Å². The van der Waals surface area contributed by atoms with Gasteiger partial charge < -0.3 is 5.32 Å². The highest BCUT2D eigenvalue weighted by molar-refractivity contribution is 6.26. The maximum Gasteiger partial charge on any atom is 0.0717 e. The first-order valence-corrected chi connectivity index (χ1v) is 14.1. The third kappa shape index (κ3) is 4.21. The summed E-state index contributed by atoms with van der Waals surface area (Å²) < 4.78 is 0. The van der Waals surface area contributed by atoms with E-state index in [2.05, 4.69) is 111 Å². The van der Waals surface area contributed by atoms with Crippen molar-refractivity contribution < 1.29 is 0 Å². The Labute approximate surface area is 243 Å². The largest absolute Gasteiger partial charge is 0.381 e. The SMILES string of the molecule is C1=CCNC(c2cncc(-c3ccc4c5ccccc5c5ccc(-c6cncc(-c7ccccn7)c6)cc5c4c3)c2)=C1. The van der Waals surface area contributed by atoms with Gasteiger partial charge in [0.25, 0.3) is 0 Å². The first-order chi connectivity index (χ1) is 20.8. The smallest absolute Gasteiger partial charge is 0.0717 e. The van der Waals surface area contributed by atoms with Crippen molar-refractivity contribution in [1.82, 2.24) is 20.3 Å². The Morgan fingerprint density at radius 2 is 1.10 bits per heavy atom. The van der Waals surface area contributed by atoms with Crippen LogP contribution >= 0.6 is 0 Å². The summed E-state index contributed by atoms with van der Waals surface area (Å²) in [5, 5.41) is 10.9. The topological polar surface area (TPSA) is 50.7 Å². The molecule has 0 saturated carbocycles. The Morgan fingerprint density at radius 3 is 1.71 bits per heavy atom. The molecule has 0 unspecified atom stereocenters. The summed E-state index contributed by atoms with van der Waals surface area (Å²) in [5.41, 5.74) is 8.53. The number of rotatable bonds is 4. The van der Waals surface area contributed by atoms with E-state index in [9.17, 15) is 0 Å². The molecule has 4 heteroatoms. The van der Waals surface area contributed by atoms with Crippen LogP contribution in [0.25, 0.3) is 71.5 Å². The van der Waals surface area contributed by atoms with Gasteiger partial charge in [0.15, 0.2) is 0 Å². The van der Waals surface area contributed by atoms with E-state index in [4.69, 9.17) is 0 Å². The molecule has 0 spiro atoms. The molecule has 4 aromatic carbocycles. The van der Waals surface area contributed by atoms with Crippen molar-refractivity contribution in [3.05, 3.63) is 146 Å². The molecule has 0 fully saturated rings. The molecular formula is C38H26N4. The second-order valence-electron chi connectivity index (χ2n) is 10.6. The molecule has 8 rings (SSSR count). The summed E-state index contributed by atoms with van der Waals surface area (Å²) in [6, 6.07) is 32.6. The summed E-state index contributed by atoms with van der Waals surface area (Å²) >= 11 is 0.